The number of halogens is 2. The van der Waals surface area contributed by atoms with E-state index in [0.29, 0.717) is 35.4 Å². The maximum absolute atomic E-state index is 13.3. The lowest BCUT2D eigenvalue weighted by Gasteiger charge is -2.26. The Morgan fingerprint density at radius 2 is 2.03 bits per heavy atom. The highest BCUT2D eigenvalue weighted by Crippen LogP contribution is 2.29. The summed E-state index contributed by atoms with van der Waals surface area (Å²) in [5.74, 6) is -3.46. The number of hydrogen-bond acceptors (Lipinski definition) is 6. The molecule has 3 aromatic rings. The fraction of sp³-hybridized carbons (Fsp3) is 0.318. The molecular formula is C22H21F2N3O3S2. The van der Waals surface area contributed by atoms with Crippen LogP contribution in [0.15, 0.2) is 53.0 Å². The van der Waals surface area contributed by atoms with Crippen LogP contribution in [0.4, 0.5) is 8.78 Å². The molecule has 3 heterocycles. The van der Waals surface area contributed by atoms with Crippen LogP contribution >= 0.6 is 11.3 Å². The van der Waals surface area contributed by atoms with Gasteiger partial charge in [0.1, 0.15) is 0 Å². The number of carbonyl (C=O) groups is 1. The first-order valence-corrected chi connectivity index (χ1v) is 12.5. The zero-order chi connectivity index (χ0) is 22.9. The van der Waals surface area contributed by atoms with Gasteiger partial charge in [-0.1, -0.05) is 12.1 Å². The van der Waals surface area contributed by atoms with Crippen LogP contribution in [0.2, 0.25) is 0 Å². The van der Waals surface area contributed by atoms with Crippen LogP contribution in [0, 0.1) is 0 Å². The molecular weight excluding hydrogens is 456 g/mol. The molecule has 0 aliphatic carbocycles. The van der Waals surface area contributed by atoms with E-state index in [1.165, 1.54) is 23.6 Å². The predicted molar refractivity (Wildman–Crippen MR) is 119 cm³/mol. The Balaban J connectivity index is 1.38. The topological polar surface area (TPSA) is 80.2 Å². The summed E-state index contributed by atoms with van der Waals surface area (Å²) in [6.45, 7) is 1.57. The maximum atomic E-state index is 13.3. The molecule has 10 heteroatoms. The van der Waals surface area contributed by atoms with E-state index in [9.17, 15) is 22.0 Å². The second kappa shape index (κ2) is 8.67. The van der Waals surface area contributed by atoms with E-state index in [0.717, 1.165) is 12.5 Å². The first kappa shape index (κ1) is 22.5. The van der Waals surface area contributed by atoms with E-state index >= 15 is 0 Å². The SMILES string of the molecule is CC(F)(F)c1ccc(C2=CCN(C(=O)CCS(=O)(=O)c3cccc4ncsc34)CC2)nc1. The van der Waals surface area contributed by atoms with Gasteiger partial charge in [0.2, 0.25) is 5.91 Å². The van der Waals surface area contributed by atoms with Gasteiger partial charge in [-0.2, -0.15) is 0 Å². The molecule has 32 heavy (non-hydrogen) atoms. The first-order valence-electron chi connectivity index (χ1n) is 10.0. The summed E-state index contributed by atoms with van der Waals surface area (Å²) in [4.78, 5) is 22.7. The Morgan fingerprint density at radius 1 is 1.22 bits per heavy atom. The second-order valence-electron chi connectivity index (χ2n) is 7.67. The number of amides is 1. The molecule has 0 saturated heterocycles. The fourth-order valence-electron chi connectivity index (χ4n) is 3.57. The molecule has 0 saturated carbocycles. The van der Waals surface area contributed by atoms with Gasteiger partial charge in [-0.3, -0.25) is 9.78 Å². The van der Waals surface area contributed by atoms with Gasteiger partial charge >= 0.3 is 0 Å². The zero-order valence-corrected chi connectivity index (χ0v) is 18.9. The number of carbonyl (C=O) groups excluding carboxylic acids is 1. The second-order valence-corrected chi connectivity index (χ2v) is 10.6. The predicted octanol–water partition coefficient (Wildman–Crippen LogP) is 4.28. The number of benzene rings is 1. The van der Waals surface area contributed by atoms with Gasteiger partial charge in [-0.25, -0.2) is 22.2 Å². The third-order valence-electron chi connectivity index (χ3n) is 5.40. The van der Waals surface area contributed by atoms with Gasteiger partial charge in [-0.05, 0) is 36.3 Å². The van der Waals surface area contributed by atoms with Crippen LogP contribution in [-0.2, 0) is 20.6 Å². The van der Waals surface area contributed by atoms with E-state index in [2.05, 4.69) is 9.97 Å². The van der Waals surface area contributed by atoms with Gasteiger partial charge in [0, 0.05) is 38.2 Å². The smallest absolute Gasteiger partial charge is 0.272 e. The fourth-order valence-corrected chi connectivity index (χ4v) is 6.13. The Bertz CT molecular complexity index is 1280. The third kappa shape index (κ3) is 4.71. The minimum Gasteiger partial charge on any atom is -0.339 e. The summed E-state index contributed by atoms with van der Waals surface area (Å²) >= 11 is 1.26. The summed E-state index contributed by atoms with van der Waals surface area (Å²) in [6.07, 6.45) is 3.41. The van der Waals surface area contributed by atoms with Crippen LogP contribution in [-0.4, -0.2) is 48.0 Å². The average Bonchev–Trinajstić information content (AvgIpc) is 3.26. The largest absolute Gasteiger partial charge is 0.339 e. The number of pyridine rings is 1. The van der Waals surface area contributed by atoms with Crippen LogP contribution in [0.1, 0.15) is 31.0 Å². The molecule has 1 aliphatic rings. The Hall–Kier alpha value is -2.72. The maximum Gasteiger partial charge on any atom is 0.272 e. The standard InChI is InChI=1S/C22H21F2N3O3S2/c1-22(23,24)16-5-6-17(25-13-16)15-7-10-27(11-8-15)20(28)9-12-32(29,30)19-4-2-3-18-21(19)31-14-26-18/h2-7,13-14H,8-12H2,1H3. The van der Waals surface area contributed by atoms with Crippen LogP contribution in [0.5, 0.6) is 0 Å². The monoisotopic (exact) mass is 477 g/mol. The lowest BCUT2D eigenvalue weighted by atomic mass is 10.0. The molecule has 168 valence electrons. The molecule has 0 N–H and O–H groups in total. The van der Waals surface area contributed by atoms with Crippen molar-refractivity contribution < 1.29 is 22.0 Å². The van der Waals surface area contributed by atoms with Crippen molar-refractivity contribution >= 4 is 42.9 Å². The third-order valence-corrected chi connectivity index (χ3v) is 8.16. The number of rotatable bonds is 6. The Morgan fingerprint density at radius 3 is 2.69 bits per heavy atom. The van der Waals surface area contributed by atoms with E-state index in [1.54, 1.807) is 34.7 Å². The van der Waals surface area contributed by atoms with Crippen molar-refractivity contribution in [3.05, 3.63) is 59.4 Å². The van der Waals surface area contributed by atoms with Gasteiger partial charge in [0.25, 0.3) is 5.92 Å². The van der Waals surface area contributed by atoms with Gasteiger partial charge in [0.15, 0.2) is 9.84 Å². The molecule has 6 nitrogen and oxygen atoms in total. The zero-order valence-electron chi connectivity index (χ0n) is 17.3. The highest BCUT2D eigenvalue weighted by atomic mass is 32.2. The number of fused-ring (bicyclic) bond motifs is 1. The Labute approximate surface area is 188 Å². The molecule has 0 fully saturated rings. The molecule has 4 rings (SSSR count). The number of alkyl halides is 2. The van der Waals surface area contributed by atoms with Crippen molar-refractivity contribution in [1.82, 2.24) is 14.9 Å². The average molecular weight is 478 g/mol. The van der Waals surface area contributed by atoms with Gasteiger partial charge < -0.3 is 4.90 Å². The summed E-state index contributed by atoms with van der Waals surface area (Å²) in [5, 5.41) is 0. The van der Waals surface area contributed by atoms with Gasteiger partial charge in [-0.15, -0.1) is 11.3 Å². The normalized spacial score (nSPS) is 15.1. The lowest BCUT2D eigenvalue weighted by molar-refractivity contribution is -0.130. The number of nitrogens with zero attached hydrogens (tertiary/aromatic N) is 3. The Kier molecular flexibility index (Phi) is 6.09. The summed E-state index contributed by atoms with van der Waals surface area (Å²) in [5.41, 5.74) is 3.56. The van der Waals surface area contributed by atoms with Crippen molar-refractivity contribution in [2.75, 3.05) is 18.8 Å². The van der Waals surface area contributed by atoms with Crippen molar-refractivity contribution in [2.45, 2.75) is 30.6 Å². The van der Waals surface area contributed by atoms with E-state index in [-0.39, 0.29) is 28.5 Å². The molecule has 2 aromatic heterocycles. The van der Waals surface area contributed by atoms with Crippen molar-refractivity contribution in [3.63, 3.8) is 0 Å². The molecule has 1 amide bonds. The molecule has 0 unspecified atom stereocenters. The molecule has 0 spiro atoms. The van der Waals surface area contributed by atoms with Gasteiger partial charge in [0.05, 0.1) is 32.1 Å². The van der Waals surface area contributed by atoms with Crippen molar-refractivity contribution in [3.8, 4) is 0 Å². The molecule has 0 bridgehead atoms. The number of sulfone groups is 1. The quantitative estimate of drug-likeness (QED) is 0.529. The van der Waals surface area contributed by atoms with Crippen molar-refractivity contribution in [1.29, 1.82) is 0 Å². The molecule has 0 radical (unpaired) electrons. The number of hydrogen-bond donors (Lipinski definition) is 0. The van der Waals surface area contributed by atoms with Crippen LogP contribution in [0.25, 0.3) is 15.8 Å². The summed E-state index contributed by atoms with van der Waals surface area (Å²) in [7, 11) is -3.62. The minimum absolute atomic E-state index is 0.112. The summed E-state index contributed by atoms with van der Waals surface area (Å²) in [6, 6.07) is 7.86. The molecule has 0 atom stereocenters. The highest BCUT2D eigenvalue weighted by molar-refractivity contribution is 7.91. The highest BCUT2D eigenvalue weighted by Gasteiger charge is 2.26. The molecule has 1 aliphatic heterocycles. The number of thiazole rings is 1. The number of aromatic nitrogens is 2. The van der Waals surface area contributed by atoms with E-state index in [4.69, 9.17) is 0 Å². The van der Waals surface area contributed by atoms with Crippen LogP contribution in [0.3, 0.4) is 0 Å². The lowest BCUT2D eigenvalue weighted by Crippen LogP contribution is -2.35. The first-order chi connectivity index (χ1) is 15.1. The van der Waals surface area contributed by atoms with Crippen molar-refractivity contribution in [2.24, 2.45) is 0 Å². The van der Waals surface area contributed by atoms with Crippen LogP contribution < -0.4 is 0 Å². The van der Waals surface area contributed by atoms with E-state index < -0.39 is 15.8 Å². The molecule has 1 aromatic carbocycles. The summed E-state index contributed by atoms with van der Waals surface area (Å²) < 4.78 is 52.9. The minimum atomic E-state index is -3.62. The van der Waals surface area contributed by atoms with E-state index in [1.807, 2.05) is 6.08 Å².